The number of anilines is 2. The van der Waals surface area contributed by atoms with Crippen LogP contribution < -0.4 is 4.90 Å². The molecule has 5 nitrogen and oxygen atoms in total. The van der Waals surface area contributed by atoms with Gasteiger partial charge in [-0.15, -0.1) is 11.3 Å². The first-order valence-corrected chi connectivity index (χ1v) is 10.4. The number of benzene rings is 3. The van der Waals surface area contributed by atoms with Gasteiger partial charge >= 0.3 is 5.97 Å². The number of amides is 1. The lowest BCUT2D eigenvalue weighted by atomic mass is 10.1. The first kappa shape index (κ1) is 19.8. The van der Waals surface area contributed by atoms with Gasteiger partial charge in [-0.3, -0.25) is 9.69 Å². The Bertz CT molecular complexity index is 1230. The zero-order valence-electron chi connectivity index (χ0n) is 16.7. The van der Waals surface area contributed by atoms with Crippen molar-refractivity contribution in [1.29, 1.82) is 0 Å². The summed E-state index contributed by atoms with van der Waals surface area (Å²) in [7, 11) is 0. The average Bonchev–Trinajstić information content (AvgIpc) is 3.20. The van der Waals surface area contributed by atoms with Crippen molar-refractivity contribution in [2.45, 2.75) is 20.5 Å². The van der Waals surface area contributed by atoms with Gasteiger partial charge in [0.1, 0.15) is 6.61 Å². The second-order valence-corrected chi connectivity index (χ2v) is 7.79. The number of thiazole rings is 1. The quantitative estimate of drug-likeness (QED) is 0.395. The fraction of sp³-hybridized carbons (Fsp3) is 0.125. The first-order chi connectivity index (χ1) is 14.5. The molecular weight excluding hydrogens is 396 g/mol. The number of ether oxygens (including phenoxy) is 1. The van der Waals surface area contributed by atoms with Crippen LogP contribution in [0.5, 0.6) is 0 Å². The molecule has 0 spiro atoms. The summed E-state index contributed by atoms with van der Waals surface area (Å²) >= 11 is 1.34. The molecule has 0 fully saturated rings. The van der Waals surface area contributed by atoms with Gasteiger partial charge in [-0.25, -0.2) is 9.78 Å². The molecule has 3 aromatic carbocycles. The number of hydrogen-bond acceptors (Lipinski definition) is 5. The molecule has 30 heavy (non-hydrogen) atoms. The SMILES string of the molecule is CC(=O)N(c1cccc(C)c1)c1nc(COC(=O)c2ccc3ccccc3c2)cs1. The highest BCUT2D eigenvalue weighted by Gasteiger charge is 2.18. The number of fused-ring (bicyclic) bond motifs is 1. The van der Waals surface area contributed by atoms with E-state index in [-0.39, 0.29) is 12.5 Å². The summed E-state index contributed by atoms with van der Waals surface area (Å²) in [6, 6.07) is 21.0. The fourth-order valence-corrected chi connectivity index (χ4v) is 4.07. The van der Waals surface area contributed by atoms with Crippen LogP contribution in [0.2, 0.25) is 0 Å². The molecular formula is C24H20N2O3S. The van der Waals surface area contributed by atoms with E-state index in [0.717, 1.165) is 22.0 Å². The van der Waals surface area contributed by atoms with Crippen molar-refractivity contribution in [2.75, 3.05) is 4.90 Å². The minimum Gasteiger partial charge on any atom is -0.456 e. The van der Waals surface area contributed by atoms with Gasteiger partial charge in [0.05, 0.1) is 16.9 Å². The minimum absolute atomic E-state index is 0.0434. The monoisotopic (exact) mass is 416 g/mol. The van der Waals surface area contributed by atoms with Gasteiger partial charge in [-0.2, -0.15) is 0 Å². The van der Waals surface area contributed by atoms with Gasteiger partial charge in [0, 0.05) is 12.3 Å². The molecule has 150 valence electrons. The van der Waals surface area contributed by atoms with Gasteiger partial charge in [-0.05, 0) is 47.5 Å². The van der Waals surface area contributed by atoms with Gasteiger partial charge in [0.25, 0.3) is 0 Å². The molecule has 0 saturated heterocycles. The lowest BCUT2D eigenvalue weighted by Crippen LogP contribution is -2.22. The number of rotatable bonds is 5. The lowest BCUT2D eigenvalue weighted by molar-refractivity contribution is -0.115. The smallest absolute Gasteiger partial charge is 0.338 e. The van der Waals surface area contributed by atoms with Crippen molar-refractivity contribution < 1.29 is 14.3 Å². The molecule has 0 unspecified atom stereocenters. The number of nitrogens with zero attached hydrogens (tertiary/aromatic N) is 2. The summed E-state index contributed by atoms with van der Waals surface area (Å²) in [4.78, 5) is 30.8. The van der Waals surface area contributed by atoms with Crippen molar-refractivity contribution in [1.82, 2.24) is 4.98 Å². The number of carbonyl (C=O) groups is 2. The van der Waals surface area contributed by atoms with E-state index in [9.17, 15) is 9.59 Å². The van der Waals surface area contributed by atoms with E-state index in [4.69, 9.17) is 4.74 Å². The Hall–Kier alpha value is -3.51. The van der Waals surface area contributed by atoms with Gasteiger partial charge < -0.3 is 4.74 Å². The van der Waals surface area contributed by atoms with E-state index < -0.39 is 5.97 Å². The molecule has 4 rings (SSSR count). The topological polar surface area (TPSA) is 59.5 Å². The molecule has 0 radical (unpaired) electrons. The third-order valence-electron chi connectivity index (χ3n) is 4.64. The molecule has 0 bridgehead atoms. The molecule has 0 saturated carbocycles. The highest BCUT2D eigenvalue weighted by molar-refractivity contribution is 7.14. The van der Waals surface area contributed by atoms with E-state index in [1.54, 1.807) is 16.3 Å². The third-order valence-corrected chi connectivity index (χ3v) is 5.52. The Labute approximate surface area is 178 Å². The summed E-state index contributed by atoms with van der Waals surface area (Å²) in [6.07, 6.45) is 0. The largest absolute Gasteiger partial charge is 0.456 e. The normalized spacial score (nSPS) is 10.7. The molecule has 0 aliphatic heterocycles. The highest BCUT2D eigenvalue weighted by Crippen LogP contribution is 2.29. The zero-order chi connectivity index (χ0) is 21.1. The van der Waals surface area contributed by atoms with Crippen LogP contribution in [0.4, 0.5) is 10.8 Å². The molecule has 6 heteroatoms. The maximum Gasteiger partial charge on any atom is 0.338 e. The molecule has 1 aromatic heterocycles. The fourth-order valence-electron chi connectivity index (χ4n) is 3.20. The molecule has 1 heterocycles. The standard InChI is InChI=1S/C24H20N2O3S/c1-16-6-5-9-22(12-16)26(17(2)27)24-25-21(15-30-24)14-29-23(28)20-11-10-18-7-3-4-8-19(18)13-20/h3-13,15H,14H2,1-2H3. The van der Waals surface area contributed by atoms with E-state index >= 15 is 0 Å². The van der Waals surface area contributed by atoms with Crippen LogP contribution in [-0.2, 0) is 16.1 Å². The Morgan fingerprint density at radius 2 is 1.80 bits per heavy atom. The Balaban J connectivity index is 1.48. The minimum atomic E-state index is -0.405. The van der Waals surface area contributed by atoms with Crippen molar-refractivity contribution in [3.63, 3.8) is 0 Å². The highest BCUT2D eigenvalue weighted by atomic mass is 32.1. The Morgan fingerprint density at radius 3 is 2.57 bits per heavy atom. The van der Waals surface area contributed by atoms with Crippen LogP contribution in [0.25, 0.3) is 10.8 Å². The summed E-state index contributed by atoms with van der Waals surface area (Å²) < 4.78 is 5.44. The van der Waals surface area contributed by atoms with Crippen LogP contribution in [0.1, 0.15) is 28.5 Å². The summed E-state index contributed by atoms with van der Waals surface area (Å²) in [5, 5.41) is 4.40. The van der Waals surface area contributed by atoms with Crippen molar-refractivity contribution >= 4 is 44.8 Å². The first-order valence-electron chi connectivity index (χ1n) is 9.49. The number of esters is 1. The molecule has 0 N–H and O–H groups in total. The molecule has 1 amide bonds. The number of hydrogen-bond donors (Lipinski definition) is 0. The van der Waals surface area contributed by atoms with Crippen LogP contribution in [-0.4, -0.2) is 16.9 Å². The van der Waals surface area contributed by atoms with Gasteiger partial charge in [0.2, 0.25) is 5.91 Å². The van der Waals surface area contributed by atoms with E-state index in [2.05, 4.69) is 4.98 Å². The van der Waals surface area contributed by atoms with Crippen LogP contribution in [0, 0.1) is 6.92 Å². The van der Waals surface area contributed by atoms with Crippen molar-refractivity contribution in [3.8, 4) is 0 Å². The zero-order valence-corrected chi connectivity index (χ0v) is 17.5. The molecule has 0 aliphatic carbocycles. The predicted octanol–water partition coefficient (Wildman–Crippen LogP) is 5.65. The summed E-state index contributed by atoms with van der Waals surface area (Å²) in [6.45, 7) is 3.52. The van der Waals surface area contributed by atoms with Gasteiger partial charge in [0.15, 0.2) is 5.13 Å². The number of aromatic nitrogens is 1. The second kappa shape index (κ2) is 8.47. The van der Waals surface area contributed by atoms with E-state index in [1.165, 1.54) is 18.3 Å². The number of aryl methyl sites for hydroxylation is 1. The van der Waals surface area contributed by atoms with Crippen molar-refractivity contribution in [2.24, 2.45) is 0 Å². The van der Waals surface area contributed by atoms with E-state index in [1.807, 2.05) is 67.6 Å². The number of carbonyl (C=O) groups excluding carboxylic acids is 2. The Kier molecular flexibility index (Phi) is 5.59. The second-order valence-electron chi connectivity index (χ2n) is 6.95. The maximum absolute atomic E-state index is 12.5. The maximum atomic E-state index is 12.5. The van der Waals surface area contributed by atoms with Crippen molar-refractivity contribution in [3.05, 3.63) is 88.9 Å². The van der Waals surface area contributed by atoms with Crippen LogP contribution >= 0.6 is 11.3 Å². The summed E-state index contributed by atoms with van der Waals surface area (Å²) in [5.41, 5.74) is 2.91. The predicted molar refractivity (Wildman–Crippen MR) is 119 cm³/mol. The Morgan fingerprint density at radius 1 is 1.00 bits per heavy atom. The average molecular weight is 417 g/mol. The molecule has 0 atom stereocenters. The van der Waals surface area contributed by atoms with Crippen LogP contribution in [0.3, 0.4) is 0 Å². The third kappa shape index (κ3) is 4.23. The lowest BCUT2D eigenvalue weighted by Gasteiger charge is -2.18. The van der Waals surface area contributed by atoms with E-state index in [0.29, 0.717) is 16.4 Å². The molecule has 0 aliphatic rings. The van der Waals surface area contributed by atoms with Gasteiger partial charge in [-0.1, -0.05) is 42.5 Å². The summed E-state index contributed by atoms with van der Waals surface area (Å²) in [5.74, 6) is -0.535. The molecule has 4 aromatic rings. The van der Waals surface area contributed by atoms with Crippen LogP contribution in [0.15, 0.2) is 72.1 Å².